The van der Waals surface area contributed by atoms with Crippen LogP contribution in [0, 0.1) is 0 Å². The normalized spacial score (nSPS) is 19.8. The van der Waals surface area contributed by atoms with Gasteiger partial charge in [-0.3, -0.25) is 0 Å². The van der Waals surface area contributed by atoms with Gasteiger partial charge in [-0.25, -0.2) is 9.48 Å². The van der Waals surface area contributed by atoms with Gasteiger partial charge in [-0.1, -0.05) is 91.0 Å². The molecule has 130 valence electrons. The van der Waals surface area contributed by atoms with Crippen molar-refractivity contribution in [2.45, 2.75) is 18.6 Å². The average molecular weight is 453 g/mol. The largest absolute Gasteiger partial charge is 0.309 e. The van der Waals surface area contributed by atoms with Crippen LogP contribution in [-0.2, 0) is 6.54 Å². The molecule has 0 unspecified atom stereocenters. The van der Waals surface area contributed by atoms with E-state index >= 15 is 0 Å². The maximum atomic E-state index is 2.53. The zero-order valence-electron chi connectivity index (χ0n) is 14.8. The van der Waals surface area contributed by atoms with E-state index in [-0.39, 0.29) is 6.04 Å². The first-order valence-corrected chi connectivity index (χ1v) is 9.99. The maximum Gasteiger partial charge on any atom is 0.309 e. The lowest BCUT2D eigenvalue weighted by Gasteiger charge is -2.24. The van der Waals surface area contributed by atoms with Gasteiger partial charge in [0.1, 0.15) is 6.54 Å². The molecule has 0 bridgehead atoms. The first-order chi connectivity index (χ1) is 12.8. The van der Waals surface area contributed by atoms with Crippen LogP contribution >= 0.6 is 22.6 Å². The Kier molecular flexibility index (Phi) is 5.07. The summed E-state index contributed by atoms with van der Waals surface area (Å²) in [7, 11) is 2.21. The second-order valence-corrected chi connectivity index (χ2v) is 7.67. The second kappa shape index (κ2) is 7.62. The molecule has 26 heavy (non-hydrogen) atoms. The topological polar surface area (TPSA) is 6.25 Å². The van der Waals surface area contributed by atoms with Crippen LogP contribution in [0.2, 0.25) is 0 Å². The summed E-state index contributed by atoms with van der Waals surface area (Å²) < 4.78 is 3.70. The number of likely N-dealkylation sites (N-methyl/N-ethyl adjacent to an activating group) is 1. The van der Waals surface area contributed by atoms with Gasteiger partial charge in [-0.15, -0.1) is 0 Å². The molecule has 0 radical (unpaired) electrons. The fourth-order valence-corrected chi connectivity index (χ4v) is 4.60. The Balaban J connectivity index is 1.79. The number of hydrogen-bond acceptors (Lipinski definition) is 1. The summed E-state index contributed by atoms with van der Waals surface area (Å²) in [6.45, 7) is 0.909. The third-order valence-electron chi connectivity index (χ3n) is 5.06. The summed E-state index contributed by atoms with van der Waals surface area (Å²) in [5, 5.41) is 0. The average Bonchev–Trinajstić information content (AvgIpc) is 2.95. The Bertz CT molecular complexity index is 891. The van der Waals surface area contributed by atoms with Crippen LogP contribution in [0.5, 0.6) is 0 Å². The Labute approximate surface area is 168 Å². The van der Waals surface area contributed by atoms with Crippen LogP contribution in [-0.4, -0.2) is 20.4 Å². The number of hydrogen-bond donors (Lipinski definition) is 0. The molecule has 2 nitrogen and oxygen atoms in total. The van der Waals surface area contributed by atoms with Gasteiger partial charge in [-0.05, 0) is 5.56 Å². The van der Waals surface area contributed by atoms with Crippen molar-refractivity contribution in [2.75, 3.05) is 7.05 Å². The number of amidine groups is 1. The van der Waals surface area contributed by atoms with Crippen molar-refractivity contribution in [3.05, 3.63) is 108 Å². The van der Waals surface area contributed by atoms with E-state index in [1.54, 1.807) is 0 Å². The third-order valence-corrected chi connectivity index (χ3v) is 6.44. The van der Waals surface area contributed by atoms with Gasteiger partial charge in [0.15, 0.2) is 12.1 Å². The molecule has 3 heteroatoms. The van der Waals surface area contributed by atoms with E-state index in [9.17, 15) is 0 Å². The fourth-order valence-electron chi connectivity index (χ4n) is 3.83. The van der Waals surface area contributed by atoms with Gasteiger partial charge in [0.2, 0.25) is 0 Å². The molecule has 1 aliphatic rings. The first-order valence-electron chi connectivity index (χ1n) is 8.91. The van der Waals surface area contributed by atoms with Crippen LogP contribution in [0.15, 0.2) is 91.0 Å². The summed E-state index contributed by atoms with van der Waals surface area (Å²) in [6, 6.07) is 33.1. The van der Waals surface area contributed by atoms with Gasteiger partial charge < -0.3 is 0 Å². The molecule has 0 saturated heterocycles. The SMILES string of the molecule is C[N+]1=C(I)N(Cc2ccccc2)[C@H](c2ccccc2)[C@H]1c1ccccc1. The van der Waals surface area contributed by atoms with Gasteiger partial charge in [-0.2, -0.15) is 0 Å². The molecule has 4 rings (SSSR count). The Morgan fingerprint density at radius 2 is 1.27 bits per heavy atom. The van der Waals surface area contributed by atoms with Crippen molar-refractivity contribution in [2.24, 2.45) is 0 Å². The number of nitrogens with zero attached hydrogens (tertiary/aromatic N) is 2. The summed E-state index contributed by atoms with van der Waals surface area (Å²) in [5.41, 5.74) is 4.05. The van der Waals surface area contributed by atoms with E-state index in [0.29, 0.717) is 6.04 Å². The molecular formula is C23H22IN2+. The molecular weight excluding hydrogens is 431 g/mol. The lowest BCUT2D eigenvalue weighted by Crippen LogP contribution is -2.28. The molecule has 0 aromatic heterocycles. The van der Waals surface area contributed by atoms with E-state index < -0.39 is 0 Å². The highest BCUT2D eigenvalue weighted by Gasteiger charge is 2.46. The predicted octanol–water partition coefficient (Wildman–Crippen LogP) is 5.42. The van der Waals surface area contributed by atoms with Gasteiger partial charge in [0.25, 0.3) is 0 Å². The molecule has 0 saturated carbocycles. The van der Waals surface area contributed by atoms with Crippen LogP contribution in [0.4, 0.5) is 0 Å². The molecule has 3 aromatic carbocycles. The Morgan fingerprint density at radius 1 is 0.769 bits per heavy atom. The van der Waals surface area contributed by atoms with Gasteiger partial charge in [0.05, 0.1) is 29.6 Å². The predicted molar refractivity (Wildman–Crippen MR) is 116 cm³/mol. The second-order valence-electron chi connectivity index (χ2n) is 6.70. The fraction of sp³-hybridized carbons (Fsp3) is 0.174. The van der Waals surface area contributed by atoms with E-state index in [0.717, 1.165) is 6.54 Å². The lowest BCUT2D eigenvalue weighted by molar-refractivity contribution is -0.535. The highest BCUT2D eigenvalue weighted by Crippen LogP contribution is 2.42. The molecule has 0 spiro atoms. The number of halogens is 1. The van der Waals surface area contributed by atoms with Crippen molar-refractivity contribution >= 4 is 26.4 Å². The monoisotopic (exact) mass is 453 g/mol. The first kappa shape index (κ1) is 17.3. The Hall–Kier alpha value is -2.14. The smallest absolute Gasteiger partial charge is 0.248 e. The lowest BCUT2D eigenvalue weighted by atomic mass is 9.93. The van der Waals surface area contributed by atoms with Crippen LogP contribution in [0.3, 0.4) is 0 Å². The van der Waals surface area contributed by atoms with Crippen molar-refractivity contribution in [3.8, 4) is 0 Å². The minimum atomic E-state index is 0.288. The van der Waals surface area contributed by atoms with Crippen molar-refractivity contribution in [3.63, 3.8) is 0 Å². The third kappa shape index (κ3) is 3.28. The van der Waals surface area contributed by atoms with Gasteiger partial charge >= 0.3 is 3.84 Å². The molecule has 0 fully saturated rings. The van der Waals surface area contributed by atoms with Crippen molar-refractivity contribution in [1.29, 1.82) is 0 Å². The highest BCUT2D eigenvalue weighted by molar-refractivity contribution is 14.1. The van der Waals surface area contributed by atoms with Crippen molar-refractivity contribution in [1.82, 2.24) is 4.90 Å². The maximum absolute atomic E-state index is 2.53. The zero-order valence-corrected chi connectivity index (χ0v) is 17.0. The zero-order chi connectivity index (χ0) is 17.9. The standard InChI is InChI=1S/C23H22IN2/c1-25-21(19-13-7-3-8-14-19)22(20-15-9-4-10-16-20)26(23(25)24)17-18-11-5-2-6-12-18/h2-16,21-22H,17H2,1H3/q+1/t21-,22-/m1/s1. The number of rotatable bonds is 4. The van der Waals surface area contributed by atoms with Gasteiger partial charge in [0, 0.05) is 11.1 Å². The highest BCUT2D eigenvalue weighted by atomic mass is 127. The minimum Gasteiger partial charge on any atom is -0.248 e. The van der Waals surface area contributed by atoms with E-state index in [1.165, 1.54) is 20.5 Å². The van der Waals surface area contributed by atoms with Crippen LogP contribution < -0.4 is 0 Å². The summed E-state index contributed by atoms with van der Waals surface area (Å²) in [4.78, 5) is 2.53. The van der Waals surface area contributed by atoms with E-state index in [4.69, 9.17) is 0 Å². The summed E-state index contributed by atoms with van der Waals surface area (Å²) >= 11 is 2.50. The molecule has 0 amide bonds. The Morgan fingerprint density at radius 3 is 1.85 bits per heavy atom. The summed E-state index contributed by atoms with van der Waals surface area (Å²) in [6.07, 6.45) is 0. The van der Waals surface area contributed by atoms with Crippen LogP contribution in [0.1, 0.15) is 28.8 Å². The molecule has 1 heterocycles. The molecule has 3 aromatic rings. The van der Waals surface area contributed by atoms with E-state index in [1.807, 2.05) is 0 Å². The van der Waals surface area contributed by atoms with Crippen molar-refractivity contribution < 1.29 is 4.58 Å². The van der Waals surface area contributed by atoms with Crippen LogP contribution in [0.25, 0.3) is 0 Å². The molecule has 2 atom stereocenters. The number of benzene rings is 3. The molecule has 0 aliphatic carbocycles. The molecule has 1 aliphatic heterocycles. The minimum absolute atomic E-state index is 0.288. The molecule has 0 N–H and O–H groups in total. The van der Waals surface area contributed by atoms with E-state index in [2.05, 4.69) is 130 Å². The summed E-state index contributed by atoms with van der Waals surface area (Å²) in [5.74, 6) is 0. The quantitative estimate of drug-likeness (QED) is 0.291.